The van der Waals surface area contributed by atoms with Crippen LogP contribution in [0.2, 0.25) is 0 Å². The molecule has 3 N–H and O–H groups in total. The van der Waals surface area contributed by atoms with Gasteiger partial charge in [-0.15, -0.1) is 0 Å². The first-order chi connectivity index (χ1) is 7.78. The second-order valence-corrected chi connectivity index (χ2v) is 5.72. The normalized spacial score (nSPS) is 11.9. The number of aromatic nitrogens is 2. The Kier molecular flexibility index (Phi) is 4.32. The van der Waals surface area contributed by atoms with Crippen molar-refractivity contribution in [2.75, 3.05) is 11.9 Å². The number of rotatable bonds is 4. The van der Waals surface area contributed by atoms with E-state index in [9.17, 15) is 4.79 Å². The molecule has 0 amide bonds. The first kappa shape index (κ1) is 14.2. The molecular formula is C11H19BrN4O. The Balaban J connectivity index is 3.14. The quantitative estimate of drug-likeness (QED) is 0.888. The van der Waals surface area contributed by atoms with Gasteiger partial charge in [-0.25, -0.2) is 4.68 Å². The van der Waals surface area contributed by atoms with Gasteiger partial charge in [-0.05, 0) is 43.6 Å². The molecule has 0 bridgehead atoms. The molecule has 0 atom stereocenters. The van der Waals surface area contributed by atoms with E-state index >= 15 is 0 Å². The highest BCUT2D eigenvalue weighted by molar-refractivity contribution is 9.10. The Morgan fingerprint density at radius 3 is 2.65 bits per heavy atom. The average Bonchev–Trinajstić information content (AvgIpc) is 2.24. The van der Waals surface area contributed by atoms with Gasteiger partial charge >= 0.3 is 0 Å². The molecule has 0 radical (unpaired) electrons. The topological polar surface area (TPSA) is 72.9 Å². The molecule has 1 heterocycles. The van der Waals surface area contributed by atoms with Gasteiger partial charge in [-0.2, -0.15) is 5.10 Å². The van der Waals surface area contributed by atoms with Crippen LogP contribution in [0.1, 0.15) is 33.7 Å². The van der Waals surface area contributed by atoms with Crippen molar-refractivity contribution >= 4 is 21.6 Å². The second kappa shape index (κ2) is 5.18. The minimum Gasteiger partial charge on any atom is -0.377 e. The molecule has 0 fully saturated rings. The Labute approximate surface area is 110 Å². The summed E-state index contributed by atoms with van der Waals surface area (Å²) in [6, 6.07) is 0.0374. The van der Waals surface area contributed by atoms with E-state index in [1.54, 1.807) is 6.20 Å². The SMILES string of the molecule is CC(C)n1ncc(NC(C)(C)CN)c(Br)c1=O. The van der Waals surface area contributed by atoms with E-state index in [4.69, 9.17) is 5.73 Å². The number of nitrogens with two attached hydrogens (primary N) is 1. The van der Waals surface area contributed by atoms with Crippen LogP contribution >= 0.6 is 15.9 Å². The predicted molar refractivity (Wildman–Crippen MR) is 73.3 cm³/mol. The summed E-state index contributed by atoms with van der Waals surface area (Å²) >= 11 is 3.30. The zero-order chi connectivity index (χ0) is 13.2. The lowest BCUT2D eigenvalue weighted by molar-refractivity contribution is 0.499. The summed E-state index contributed by atoms with van der Waals surface area (Å²) in [5.41, 5.74) is 5.89. The minimum absolute atomic E-state index is 0.0374. The standard InChI is InChI=1S/C11H19BrN4O/c1-7(2)16-10(17)9(12)8(5-14-16)15-11(3,4)6-13/h5,7,15H,6,13H2,1-4H3. The maximum absolute atomic E-state index is 12.0. The minimum atomic E-state index is -0.277. The van der Waals surface area contributed by atoms with E-state index < -0.39 is 0 Å². The molecule has 1 aromatic rings. The molecule has 5 nitrogen and oxygen atoms in total. The number of hydrogen-bond donors (Lipinski definition) is 2. The first-order valence-electron chi connectivity index (χ1n) is 5.54. The second-order valence-electron chi connectivity index (χ2n) is 4.93. The number of nitrogens with one attached hydrogen (secondary N) is 1. The van der Waals surface area contributed by atoms with Gasteiger partial charge in [-0.3, -0.25) is 4.79 Å². The maximum Gasteiger partial charge on any atom is 0.283 e. The third kappa shape index (κ3) is 3.29. The van der Waals surface area contributed by atoms with E-state index in [2.05, 4.69) is 26.3 Å². The van der Waals surface area contributed by atoms with Crippen LogP contribution < -0.4 is 16.6 Å². The molecule has 6 heteroatoms. The molecule has 0 aliphatic carbocycles. The summed E-state index contributed by atoms with van der Waals surface area (Å²) in [6.45, 7) is 8.23. The summed E-state index contributed by atoms with van der Waals surface area (Å²) in [4.78, 5) is 12.0. The molecule has 17 heavy (non-hydrogen) atoms. The third-order valence-electron chi connectivity index (χ3n) is 2.42. The number of anilines is 1. The van der Waals surface area contributed by atoms with Crippen molar-refractivity contribution in [3.05, 3.63) is 21.0 Å². The average molecular weight is 303 g/mol. The summed E-state index contributed by atoms with van der Waals surface area (Å²) in [7, 11) is 0. The van der Waals surface area contributed by atoms with Crippen LogP contribution in [0.15, 0.2) is 15.5 Å². The lowest BCUT2D eigenvalue weighted by Gasteiger charge is -2.26. The van der Waals surface area contributed by atoms with E-state index in [0.29, 0.717) is 16.7 Å². The van der Waals surface area contributed by atoms with Crippen LogP contribution in [0.5, 0.6) is 0 Å². The highest BCUT2D eigenvalue weighted by Gasteiger charge is 2.18. The van der Waals surface area contributed by atoms with Crippen molar-refractivity contribution in [3.63, 3.8) is 0 Å². The zero-order valence-corrected chi connectivity index (χ0v) is 12.2. The molecule has 0 spiro atoms. The number of hydrogen-bond acceptors (Lipinski definition) is 4. The molecular weight excluding hydrogens is 284 g/mol. The fourth-order valence-corrected chi connectivity index (χ4v) is 1.70. The Bertz CT molecular complexity index is 453. The van der Waals surface area contributed by atoms with Gasteiger partial charge in [0.1, 0.15) is 4.47 Å². The van der Waals surface area contributed by atoms with E-state index in [1.165, 1.54) is 4.68 Å². The van der Waals surface area contributed by atoms with Crippen molar-refractivity contribution in [1.82, 2.24) is 9.78 Å². The van der Waals surface area contributed by atoms with Crippen LogP contribution in [0.3, 0.4) is 0 Å². The molecule has 0 saturated carbocycles. The Hall–Kier alpha value is -0.880. The molecule has 0 unspecified atom stereocenters. The lowest BCUT2D eigenvalue weighted by atomic mass is 10.1. The molecule has 0 aliphatic heterocycles. The van der Waals surface area contributed by atoms with E-state index in [1.807, 2.05) is 27.7 Å². The van der Waals surface area contributed by atoms with Gasteiger partial charge < -0.3 is 11.1 Å². The monoisotopic (exact) mass is 302 g/mol. The first-order valence-corrected chi connectivity index (χ1v) is 6.33. The molecule has 96 valence electrons. The van der Waals surface area contributed by atoms with Crippen LogP contribution in [0.4, 0.5) is 5.69 Å². The summed E-state index contributed by atoms with van der Waals surface area (Å²) < 4.78 is 1.92. The number of nitrogens with zero attached hydrogens (tertiary/aromatic N) is 2. The predicted octanol–water partition coefficient (Wildman–Crippen LogP) is 1.74. The highest BCUT2D eigenvalue weighted by atomic mass is 79.9. The fraction of sp³-hybridized carbons (Fsp3) is 0.636. The van der Waals surface area contributed by atoms with Gasteiger partial charge in [0.15, 0.2) is 0 Å². The van der Waals surface area contributed by atoms with Crippen molar-refractivity contribution in [3.8, 4) is 0 Å². The zero-order valence-electron chi connectivity index (χ0n) is 10.6. The highest BCUT2D eigenvalue weighted by Crippen LogP contribution is 2.20. The maximum atomic E-state index is 12.0. The fourth-order valence-electron chi connectivity index (χ4n) is 1.32. The summed E-state index contributed by atoms with van der Waals surface area (Å²) in [6.07, 6.45) is 1.64. The smallest absolute Gasteiger partial charge is 0.283 e. The van der Waals surface area contributed by atoms with Crippen molar-refractivity contribution in [1.29, 1.82) is 0 Å². The largest absolute Gasteiger partial charge is 0.377 e. The number of halogens is 1. The van der Waals surface area contributed by atoms with Crippen LogP contribution in [-0.2, 0) is 0 Å². The van der Waals surface area contributed by atoms with Gasteiger partial charge in [0.05, 0.1) is 17.9 Å². The molecule has 1 rings (SSSR count). The van der Waals surface area contributed by atoms with Crippen molar-refractivity contribution in [2.24, 2.45) is 5.73 Å². The van der Waals surface area contributed by atoms with E-state index in [0.717, 1.165) is 0 Å². The van der Waals surface area contributed by atoms with Crippen LogP contribution in [0, 0.1) is 0 Å². The molecule has 0 aliphatic rings. The van der Waals surface area contributed by atoms with Crippen molar-refractivity contribution < 1.29 is 0 Å². The van der Waals surface area contributed by atoms with Gasteiger partial charge in [0.25, 0.3) is 5.56 Å². The summed E-state index contributed by atoms with van der Waals surface area (Å²) in [5.74, 6) is 0. The Morgan fingerprint density at radius 1 is 1.59 bits per heavy atom. The van der Waals surface area contributed by atoms with Gasteiger partial charge in [-0.1, -0.05) is 0 Å². The van der Waals surface area contributed by atoms with Gasteiger partial charge in [0, 0.05) is 12.1 Å². The van der Waals surface area contributed by atoms with Crippen molar-refractivity contribution in [2.45, 2.75) is 39.3 Å². The third-order valence-corrected chi connectivity index (χ3v) is 3.18. The Morgan fingerprint density at radius 2 is 2.18 bits per heavy atom. The molecule has 1 aromatic heterocycles. The van der Waals surface area contributed by atoms with Crippen LogP contribution in [-0.4, -0.2) is 21.9 Å². The van der Waals surface area contributed by atoms with E-state index in [-0.39, 0.29) is 17.1 Å². The lowest BCUT2D eigenvalue weighted by Crippen LogP contribution is -2.40. The molecule has 0 saturated heterocycles. The summed E-state index contributed by atoms with van der Waals surface area (Å²) in [5, 5.41) is 7.32. The molecule has 0 aromatic carbocycles. The van der Waals surface area contributed by atoms with Crippen LogP contribution in [0.25, 0.3) is 0 Å². The van der Waals surface area contributed by atoms with Gasteiger partial charge in [0.2, 0.25) is 0 Å².